The number of halogens is 4. The van der Waals surface area contributed by atoms with Gasteiger partial charge < -0.3 is 15.1 Å². The predicted molar refractivity (Wildman–Crippen MR) is 158 cm³/mol. The summed E-state index contributed by atoms with van der Waals surface area (Å²) in [6.07, 6.45) is 0.800. The largest absolute Gasteiger partial charge is 0.417 e. The molecule has 1 N–H and O–H groups in total. The van der Waals surface area contributed by atoms with Crippen LogP contribution in [0.2, 0.25) is 5.02 Å². The van der Waals surface area contributed by atoms with Gasteiger partial charge in [0.2, 0.25) is 0 Å². The Morgan fingerprint density at radius 1 is 1.15 bits per heavy atom. The molecule has 0 radical (unpaired) electrons. The van der Waals surface area contributed by atoms with E-state index in [4.69, 9.17) is 11.6 Å². The Kier molecular flexibility index (Phi) is 9.57. The van der Waals surface area contributed by atoms with Gasteiger partial charge in [-0.3, -0.25) is 9.00 Å². The van der Waals surface area contributed by atoms with Gasteiger partial charge in [0, 0.05) is 53.2 Å². The molecule has 2 saturated heterocycles. The molecule has 2 aliphatic heterocycles. The molecule has 0 aliphatic carbocycles. The number of piperidine rings is 2. The molecule has 2 aromatic rings. The number of hydrogen-bond acceptors (Lipinski definition) is 6. The first-order valence-electron chi connectivity index (χ1n) is 13.7. The van der Waals surface area contributed by atoms with Gasteiger partial charge in [-0.2, -0.15) is 13.2 Å². The van der Waals surface area contributed by atoms with E-state index in [0.717, 1.165) is 44.8 Å². The van der Waals surface area contributed by atoms with E-state index in [0.29, 0.717) is 47.6 Å². The number of nitrogens with one attached hydrogen (secondary N) is 1. The quantitative estimate of drug-likeness (QED) is 0.458. The molecule has 4 rings (SSSR count). The van der Waals surface area contributed by atoms with Gasteiger partial charge in [-0.15, -0.1) is 0 Å². The molecule has 2 aliphatic rings. The highest BCUT2D eigenvalue weighted by Crippen LogP contribution is 2.35. The second kappa shape index (κ2) is 12.4. The van der Waals surface area contributed by atoms with Gasteiger partial charge >= 0.3 is 6.18 Å². The molecule has 0 bridgehead atoms. The fourth-order valence-corrected chi connectivity index (χ4v) is 6.76. The molecule has 3 heterocycles. The van der Waals surface area contributed by atoms with E-state index >= 15 is 0 Å². The Morgan fingerprint density at radius 3 is 2.34 bits per heavy atom. The second-order valence-corrected chi connectivity index (χ2v) is 14.0. The summed E-state index contributed by atoms with van der Waals surface area (Å²) < 4.78 is 53.3. The first kappa shape index (κ1) is 31.5. The van der Waals surface area contributed by atoms with Gasteiger partial charge in [0.1, 0.15) is 17.3 Å². The van der Waals surface area contributed by atoms with Gasteiger partial charge in [0.15, 0.2) is 0 Å². The standard InChI is InChI=1S/C28H38ClF3N6O2S/c1-18-25(34-19(2)35-26(18)33-17-20-6-7-23(24(29)16-20)28(30,31)32)27(39)38-14-10-22(11-15-38)37-12-8-21(9-13-37)36(3)41(4,5)40/h6-7,16,21-22H,4,8-15,17H2,1-3,5H3,(H,33,34,35). The van der Waals surface area contributed by atoms with Crippen molar-refractivity contribution in [2.75, 3.05) is 44.8 Å². The molecule has 1 aromatic carbocycles. The molecule has 41 heavy (non-hydrogen) atoms. The molecule has 0 saturated carbocycles. The lowest BCUT2D eigenvalue weighted by atomic mass is 9.97. The summed E-state index contributed by atoms with van der Waals surface area (Å²) in [5.41, 5.74) is 0.584. The minimum Gasteiger partial charge on any atom is -0.366 e. The predicted octanol–water partition coefficient (Wildman–Crippen LogP) is 4.64. The summed E-state index contributed by atoms with van der Waals surface area (Å²) in [5, 5.41) is 2.76. The minimum atomic E-state index is -4.52. The van der Waals surface area contributed by atoms with Crippen molar-refractivity contribution in [3.8, 4) is 0 Å². The van der Waals surface area contributed by atoms with Crippen LogP contribution >= 0.6 is 11.6 Å². The number of rotatable bonds is 7. The smallest absolute Gasteiger partial charge is 0.366 e. The van der Waals surface area contributed by atoms with E-state index in [-0.39, 0.29) is 23.5 Å². The monoisotopic (exact) mass is 614 g/mol. The van der Waals surface area contributed by atoms with Crippen LogP contribution in [0.3, 0.4) is 0 Å². The fraction of sp³-hybridized carbons (Fsp3) is 0.571. The van der Waals surface area contributed by atoms with Crippen LogP contribution in [0.25, 0.3) is 0 Å². The molecule has 0 spiro atoms. The molecular formula is C28H38ClF3N6O2S. The van der Waals surface area contributed by atoms with E-state index in [1.807, 2.05) is 16.3 Å². The Bertz CT molecular complexity index is 1370. The highest BCUT2D eigenvalue weighted by Gasteiger charge is 2.34. The van der Waals surface area contributed by atoms with E-state index in [1.54, 1.807) is 20.1 Å². The summed E-state index contributed by atoms with van der Waals surface area (Å²) in [7, 11) is -0.320. The van der Waals surface area contributed by atoms with Crippen LogP contribution in [0, 0.1) is 13.8 Å². The van der Waals surface area contributed by atoms with Crippen LogP contribution in [0.4, 0.5) is 19.0 Å². The van der Waals surface area contributed by atoms with Crippen LogP contribution in [0.5, 0.6) is 0 Å². The number of likely N-dealkylation sites (tertiary alicyclic amines) is 2. The normalized spacial score (nSPS) is 19.4. The number of nitrogens with zero attached hydrogens (tertiary/aromatic N) is 5. The maximum Gasteiger partial charge on any atom is 0.417 e. The van der Waals surface area contributed by atoms with Crippen LogP contribution in [-0.2, 0) is 22.4 Å². The van der Waals surface area contributed by atoms with Crippen molar-refractivity contribution in [2.45, 2.75) is 64.3 Å². The zero-order valence-electron chi connectivity index (χ0n) is 23.9. The number of carbonyl (C=O) groups excluding carboxylic acids is 1. The lowest BCUT2D eigenvalue weighted by Crippen LogP contribution is -2.52. The highest BCUT2D eigenvalue weighted by atomic mass is 35.5. The van der Waals surface area contributed by atoms with Crippen molar-refractivity contribution in [3.63, 3.8) is 0 Å². The number of aryl methyl sites for hydroxylation is 1. The number of alkyl halides is 3. The van der Waals surface area contributed by atoms with E-state index < -0.39 is 21.4 Å². The van der Waals surface area contributed by atoms with E-state index in [1.165, 1.54) is 12.1 Å². The lowest BCUT2D eigenvalue weighted by molar-refractivity contribution is -0.137. The van der Waals surface area contributed by atoms with Gasteiger partial charge in [0.25, 0.3) is 5.91 Å². The van der Waals surface area contributed by atoms with Gasteiger partial charge in [-0.05, 0) is 83.2 Å². The number of carbonyl (C=O) groups is 1. The molecule has 226 valence electrons. The van der Waals surface area contributed by atoms with Crippen LogP contribution < -0.4 is 5.32 Å². The van der Waals surface area contributed by atoms with Crippen molar-refractivity contribution in [1.29, 1.82) is 0 Å². The Hall–Kier alpha value is -2.41. The number of hydrogen-bond donors (Lipinski definition) is 1. The van der Waals surface area contributed by atoms with Crippen molar-refractivity contribution >= 4 is 38.9 Å². The Morgan fingerprint density at radius 2 is 1.78 bits per heavy atom. The summed E-state index contributed by atoms with van der Waals surface area (Å²) >= 11 is 5.86. The Labute approximate surface area is 245 Å². The van der Waals surface area contributed by atoms with Crippen molar-refractivity contribution in [2.24, 2.45) is 0 Å². The topological polar surface area (TPSA) is 81.7 Å². The minimum absolute atomic E-state index is 0.152. The zero-order valence-corrected chi connectivity index (χ0v) is 25.5. The van der Waals surface area contributed by atoms with Crippen LogP contribution in [0.15, 0.2) is 18.2 Å². The maximum atomic E-state index is 13.5. The van der Waals surface area contributed by atoms with Gasteiger partial charge in [0.05, 0.1) is 10.6 Å². The summed E-state index contributed by atoms with van der Waals surface area (Å²) in [5.74, 6) is 4.54. The average molecular weight is 615 g/mol. The van der Waals surface area contributed by atoms with E-state index in [2.05, 4.69) is 26.1 Å². The lowest BCUT2D eigenvalue weighted by Gasteiger charge is -2.43. The third-order valence-corrected chi connectivity index (χ3v) is 9.98. The second-order valence-electron chi connectivity index (χ2n) is 11.1. The first-order valence-corrected chi connectivity index (χ1v) is 16.2. The van der Waals surface area contributed by atoms with E-state index in [9.17, 15) is 22.2 Å². The van der Waals surface area contributed by atoms with Crippen molar-refractivity contribution in [3.05, 3.63) is 51.4 Å². The molecule has 1 unspecified atom stereocenters. The molecule has 1 amide bonds. The fourth-order valence-electron chi connectivity index (χ4n) is 5.61. The molecule has 8 nitrogen and oxygen atoms in total. The average Bonchev–Trinajstić information content (AvgIpc) is 2.91. The highest BCUT2D eigenvalue weighted by molar-refractivity contribution is 7.97. The summed E-state index contributed by atoms with van der Waals surface area (Å²) in [4.78, 5) is 26.7. The van der Waals surface area contributed by atoms with Gasteiger partial charge in [-0.1, -0.05) is 17.7 Å². The third-order valence-electron chi connectivity index (χ3n) is 8.15. The molecular weight excluding hydrogens is 577 g/mol. The molecule has 2 fully saturated rings. The van der Waals surface area contributed by atoms with Crippen LogP contribution in [0.1, 0.15) is 58.7 Å². The maximum absolute atomic E-state index is 13.5. The first-order chi connectivity index (χ1) is 19.1. The number of anilines is 1. The number of aromatic nitrogens is 2. The van der Waals surface area contributed by atoms with Crippen molar-refractivity contribution < 1.29 is 22.2 Å². The van der Waals surface area contributed by atoms with Crippen LogP contribution in [-0.4, -0.2) is 91.6 Å². The Balaban J connectivity index is 1.35. The molecule has 1 atom stereocenters. The van der Waals surface area contributed by atoms with Gasteiger partial charge in [-0.25, -0.2) is 14.3 Å². The summed E-state index contributed by atoms with van der Waals surface area (Å²) in [6, 6.07) is 4.27. The third kappa shape index (κ3) is 7.52. The number of amides is 1. The SMILES string of the molecule is C=S(C)(=O)N(C)C1CCN(C2CCN(C(=O)c3nc(C)nc(NCc4ccc(C(F)(F)F)c(Cl)c4)c3C)CC2)CC1. The number of benzene rings is 1. The molecule has 13 heteroatoms. The summed E-state index contributed by atoms with van der Waals surface area (Å²) in [6.45, 7) is 6.78. The zero-order chi connectivity index (χ0) is 30.1. The molecule has 1 aromatic heterocycles. The van der Waals surface area contributed by atoms with Crippen molar-refractivity contribution in [1.82, 2.24) is 24.1 Å².